The van der Waals surface area contributed by atoms with Crippen molar-refractivity contribution in [3.8, 4) is 0 Å². The summed E-state index contributed by atoms with van der Waals surface area (Å²) in [7, 11) is 0. The van der Waals surface area contributed by atoms with E-state index in [-0.39, 0.29) is 11.8 Å². The Morgan fingerprint density at radius 1 is 0.840 bits per heavy atom. The highest BCUT2D eigenvalue weighted by atomic mass is 16.5. The second kappa shape index (κ2) is 5.97. The Bertz CT molecular complexity index is 553. The third kappa shape index (κ3) is 2.70. The van der Waals surface area contributed by atoms with Crippen LogP contribution in [0, 0.1) is 29.1 Å². The molecule has 5 fully saturated rings. The molecule has 1 spiro atoms. The van der Waals surface area contributed by atoms with E-state index in [1.807, 2.05) is 0 Å². The number of carbonyl (C=O) groups excluding carboxylic acids is 2. The van der Waals surface area contributed by atoms with Gasteiger partial charge in [0.1, 0.15) is 0 Å². The van der Waals surface area contributed by atoms with Crippen molar-refractivity contribution in [2.24, 2.45) is 29.1 Å². The van der Waals surface area contributed by atoms with Crippen molar-refractivity contribution in [1.29, 1.82) is 0 Å². The monoisotopic (exact) mass is 346 g/mol. The minimum Gasteiger partial charge on any atom is -0.381 e. The molecule has 2 amide bonds. The van der Waals surface area contributed by atoms with E-state index >= 15 is 0 Å². The van der Waals surface area contributed by atoms with Gasteiger partial charge in [-0.15, -0.1) is 0 Å². The summed E-state index contributed by atoms with van der Waals surface area (Å²) in [6.45, 7) is 5.33. The molecule has 5 aliphatic rings. The van der Waals surface area contributed by atoms with Gasteiger partial charge in [0.25, 0.3) is 0 Å². The second-order valence-electron chi connectivity index (χ2n) is 9.19. The Morgan fingerprint density at radius 2 is 1.48 bits per heavy atom. The van der Waals surface area contributed by atoms with E-state index in [9.17, 15) is 9.59 Å². The van der Waals surface area contributed by atoms with Crippen molar-refractivity contribution in [2.45, 2.75) is 44.9 Å². The first-order chi connectivity index (χ1) is 12.2. The maximum absolute atomic E-state index is 12.7. The summed E-state index contributed by atoms with van der Waals surface area (Å²) in [4.78, 5) is 29.6. The Balaban J connectivity index is 1.15. The molecule has 2 saturated carbocycles. The minimum absolute atomic E-state index is 0.250. The number of carbonyl (C=O) groups is 2. The zero-order chi connectivity index (χ0) is 17.0. The Kier molecular flexibility index (Phi) is 3.84. The first kappa shape index (κ1) is 16.1. The first-order valence-corrected chi connectivity index (χ1v) is 10.3. The number of rotatable bonds is 2. The molecule has 0 N–H and O–H groups in total. The average molecular weight is 346 g/mol. The first-order valence-electron chi connectivity index (χ1n) is 10.3. The van der Waals surface area contributed by atoms with Crippen LogP contribution in [0.1, 0.15) is 44.9 Å². The van der Waals surface area contributed by atoms with E-state index in [1.165, 1.54) is 19.3 Å². The minimum atomic E-state index is 0.250. The molecule has 5 nitrogen and oxygen atoms in total. The predicted octanol–water partition coefficient (Wildman–Crippen LogP) is 1.91. The molecule has 0 radical (unpaired) electrons. The zero-order valence-corrected chi connectivity index (χ0v) is 15.1. The fourth-order valence-corrected chi connectivity index (χ4v) is 6.09. The molecule has 2 aliphatic carbocycles. The molecule has 5 rings (SSSR count). The lowest BCUT2D eigenvalue weighted by Crippen LogP contribution is -2.44. The van der Waals surface area contributed by atoms with Gasteiger partial charge in [0, 0.05) is 38.0 Å². The van der Waals surface area contributed by atoms with Crippen LogP contribution >= 0.6 is 0 Å². The van der Waals surface area contributed by atoms with Gasteiger partial charge in [-0.1, -0.05) is 0 Å². The highest BCUT2D eigenvalue weighted by Crippen LogP contribution is 2.53. The molecule has 25 heavy (non-hydrogen) atoms. The number of fused-ring (bicyclic) bond motifs is 1. The van der Waals surface area contributed by atoms with Crippen LogP contribution in [0.15, 0.2) is 0 Å². The summed E-state index contributed by atoms with van der Waals surface area (Å²) in [5, 5.41) is 0. The SMILES string of the molecule is O=C(C1CCC2(CCN(C(=O)C3[C@H]4COC[C@@H]34)CC2)C1)N1CCCC1. The lowest BCUT2D eigenvalue weighted by atomic mass is 9.76. The van der Waals surface area contributed by atoms with Gasteiger partial charge in [0.15, 0.2) is 0 Å². The Hall–Kier alpha value is -1.10. The van der Waals surface area contributed by atoms with Crippen LogP contribution in [0.25, 0.3) is 0 Å². The van der Waals surface area contributed by atoms with Gasteiger partial charge in [0.05, 0.1) is 13.2 Å². The third-order valence-electron chi connectivity index (χ3n) is 7.84. The van der Waals surface area contributed by atoms with Crippen molar-refractivity contribution >= 4 is 11.8 Å². The number of hydrogen-bond donors (Lipinski definition) is 0. The summed E-state index contributed by atoms with van der Waals surface area (Å²) in [6, 6.07) is 0. The second-order valence-corrected chi connectivity index (χ2v) is 9.19. The molecule has 0 aromatic heterocycles. The summed E-state index contributed by atoms with van der Waals surface area (Å²) >= 11 is 0. The summed E-state index contributed by atoms with van der Waals surface area (Å²) in [5.41, 5.74) is 0.333. The number of nitrogens with zero attached hydrogens (tertiary/aromatic N) is 2. The third-order valence-corrected chi connectivity index (χ3v) is 7.84. The molecule has 0 aromatic rings. The quantitative estimate of drug-likeness (QED) is 0.767. The van der Waals surface area contributed by atoms with Gasteiger partial charge < -0.3 is 14.5 Å². The van der Waals surface area contributed by atoms with Gasteiger partial charge in [-0.05, 0) is 62.2 Å². The van der Waals surface area contributed by atoms with Gasteiger partial charge in [-0.2, -0.15) is 0 Å². The molecule has 5 heteroatoms. The molecule has 138 valence electrons. The summed E-state index contributed by atoms with van der Waals surface area (Å²) in [5.74, 6) is 2.33. The number of likely N-dealkylation sites (tertiary alicyclic amines) is 2. The van der Waals surface area contributed by atoms with E-state index in [4.69, 9.17) is 4.74 Å². The maximum atomic E-state index is 12.7. The largest absolute Gasteiger partial charge is 0.381 e. The molecule has 3 aliphatic heterocycles. The number of hydrogen-bond acceptors (Lipinski definition) is 3. The fraction of sp³-hybridized carbons (Fsp3) is 0.900. The van der Waals surface area contributed by atoms with Crippen molar-refractivity contribution in [1.82, 2.24) is 9.80 Å². The highest BCUT2D eigenvalue weighted by Gasteiger charge is 2.59. The lowest BCUT2D eigenvalue weighted by molar-refractivity contribution is -0.137. The maximum Gasteiger partial charge on any atom is 0.226 e. The van der Waals surface area contributed by atoms with Gasteiger partial charge >= 0.3 is 0 Å². The van der Waals surface area contributed by atoms with Crippen LogP contribution < -0.4 is 0 Å². The average Bonchev–Trinajstić information content (AvgIpc) is 3.15. The molecular formula is C20H30N2O3. The van der Waals surface area contributed by atoms with Crippen LogP contribution in [0.3, 0.4) is 0 Å². The topological polar surface area (TPSA) is 49.9 Å². The molecule has 0 aromatic carbocycles. The van der Waals surface area contributed by atoms with Crippen LogP contribution in [-0.2, 0) is 14.3 Å². The standard InChI is InChI=1S/C20H30N2O3/c23-18(21-7-1-2-8-21)14-3-4-20(11-14)5-9-22(10-6-20)19(24)17-15-12-25-13-16(15)17/h14-17H,1-13H2/t14?,15-,16+,17?. The van der Waals surface area contributed by atoms with Crippen molar-refractivity contribution < 1.29 is 14.3 Å². The Labute approximate surface area is 150 Å². The summed E-state index contributed by atoms with van der Waals surface area (Å²) in [6.07, 6.45) is 7.86. The van der Waals surface area contributed by atoms with E-state index < -0.39 is 0 Å². The summed E-state index contributed by atoms with van der Waals surface area (Å²) < 4.78 is 5.42. The van der Waals surface area contributed by atoms with Gasteiger partial charge in [-0.25, -0.2) is 0 Å². The Morgan fingerprint density at radius 3 is 2.16 bits per heavy atom. The smallest absolute Gasteiger partial charge is 0.226 e. The molecule has 3 saturated heterocycles. The number of amides is 2. The van der Waals surface area contributed by atoms with Gasteiger partial charge in [-0.3, -0.25) is 9.59 Å². The fourth-order valence-electron chi connectivity index (χ4n) is 6.09. The van der Waals surface area contributed by atoms with Crippen molar-refractivity contribution in [3.05, 3.63) is 0 Å². The lowest BCUT2D eigenvalue weighted by Gasteiger charge is -2.40. The predicted molar refractivity (Wildman–Crippen MR) is 92.7 cm³/mol. The van der Waals surface area contributed by atoms with E-state index in [2.05, 4.69) is 9.80 Å². The highest BCUT2D eigenvalue weighted by molar-refractivity contribution is 5.83. The molecular weight excluding hydrogens is 316 g/mol. The zero-order valence-electron chi connectivity index (χ0n) is 15.1. The van der Waals surface area contributed by atoms with Crippen LogP contribution in [0.4, 0.5) is 0 Å². The molecule has 4 atom stereocenters. The molecule has 0 bridgehead atoms. The molecule has 2 unspecified atom stereocenters. The van der Waals surface area contributed by atoms with E-state index in [1.54, 1.807) is 0 Å². The molecule has 3 heterocycles. The number of ether oxygens (including phenoxy) is 1. The normalized spacial score (nSPS) is 39.0. The van der Waals surface area contributed by atoms with E-state index in [0.717, 1.165) is 65.1 Å². The van der Waals surface area contributed by atoms with Crippen LogP contribution in [-0.4, -0.2) is 61.0 Å². The van der Waals surface area contributed by atoms with Gasteiger partial charge in [0.2, 0.25) is 11.8 Å². The van der Waals surface area contributed by atoms with Crippen molar-refractivity contribution in [2.75, 3.05) is 39.4 Å². The number of piperidine rings is 1. The van der Waals surface area contributed by atoms with Crippen molar-refractivity contribution in [3.63, 3.8) is 0 Å². The van der Waals surface area contributed by atoms with Crippen LogP contribution in [0.2, 0.25) is 0 Å². The van der Waals surface area contributed by atoms with Crippen LogP contribution in [0.5, 0.6) is 0 Å². The van der Waals surface area contributed by atoms with E-state index in [0.29, 0.717) is 29.1 Å².